The minimum atomic E-state index is -3.61. The van der Waals surface area contributed by atoms with Gasteiger partial charge in [-0.05, 0) is 43.0 Å². The molecule has 4 rings (SSSR count). The van der Waals surface area contributed by atoms with Crippen molar-refractivity contribution in [2.24, 2.45) is 5.92 Å². The second-order valence-corrected chi connectivity index (χ2v) is 9.97. The second kappa shape index (κ2) is 8.18. The highest BCUT2D eigenvalue weighted by Crippen LogP contribution is 2.28. The fourth-order valence-corrected chi connectivity index (χ4v) is 4.77. The molecule has 1 aliphatic carbocycles. The molecule has 1 fully saturated rings. The van der Waals surface area contributed by atoms with Crippen LogP contribution >= 0.6 is 0 Å². The van der Waals surface area contributed by atoms with E-state index in [4.69, 9.17) is 0 Å². The number of nitrogens with one attached hydrogen (secondary N) is 1. The van der Waals surface area contributed by atoms with Gasteiger partial charge in [-0.3, -0.25) is 9.48 Å². The Labute approximate surface area is 175 Å². The molecule has 1 N–H and O–H groups in total. The van der Waals surface area contributed by atoms with Crippen molar-refractivity contribution in [2.75, 3.05) is 11.6 Å². The van der Waals surface area contributed by atoms with Crippen molar-refractivity contribution in [1.82, 2.24) is 9.78 Å². The Morgan fingerprint density at radius 2 is 1.90 bits per heavy atom. The first-order valence-electron chi connectivity index (χ1n) is 10.1. The highest BCUT2D eigenvalue weighted by atomic mass is 32.2. The Bertz CT molecular complexity index is 1200. The largest absolute Gasteiger partial charge is 0.321 e. The van der Waals surface area contributed by atoms with Gasteiger partial charge in [-0.2, -0.15) is 5.10 Å². The third-order valence-corrected chi connectivity index (χ3v) is 6.67. The van der Waals surface area contributed by atoms with E-state index in [1.165, 1.54) is 25.3 Å². The monoisotopic (exact) mass is 429 g/mol. The number of hydrogen-bond acceptors (Lipinski definition) is 4. The Morgan fingerprint density at radius 3 is 2.63 bits per heavy atom. The normalized spacial score (nSPS) is 15.4. The first kappa shape index (κ1) is 20.5. The number of nitrogens with zero attached hydrogens (tertiary/aromatic N) is 2. The van der Waals surface area contributed by atoms with E-state index in [1.54, 1.807) is 4.68 Å². The van der Waals surface area contributed by atoms with Crippen LogP contribution in [-0.4, -0.2) is 30.4 Å². The number of fused-ring (bicyclic) bond motifs is 1. The molecule has 1 heterocycles. The third-order valence-electron chi connectivity index (χ3n) is 5.57. The molecule has 1 amide bonds. The zero-order chi connectivity index (χ0) is 21.3. The molecule has 0 spiro atoms. The lowest BCUT2D eigenvalue weighted by Crippen LogP contribution is -2.22. The van der Waals surface area contributed by atoms with Crippen LogP contribution in [0.3, 0.4) is 0 Å². The van der Waals surface area contributed by atoms with Crippen molar-refractivity contribution >= 4 is 32.3 Å². The molecule has 158 valence electrons. The quantitative estimate of drug-likeness (QED) is 0.651. The van der Waals surface area contributed by atoms with Crippen molar-refractivity contribution in [1.29, 1.82) is 0 Å². The molecule has 0 bridgehead atoms. The van der Waals surface area contributed by atoms with Gasteiger partial charge < -0.3 is 5.32 Å². The molecule has 0 saturated heterocycles. The summed E-state index contributed by atoms with van der Waals surface area (Å²) in [6, 6.07) is 10.7. The zero-order valence-electron chi connectivity index (χ0n) is 16.8. The van der Waals surface area contributed by atoms with Gasteiger partial charge in [0.2, 0.25) is 0 Å². The van der Waals surface area contributed by atoms with Crippen molar-refractivity contribution in [2.45, 2.75) is 43.5 Å². The summed E-state index contributed by atoms with van der Waals surface area (Å²) in [4.78, 5) is 13.0. The van der Waals surface area contributed by atoms with Gasteiger partial charge in [0.15, 0.2) is 9.84 Å². The summed E-state index contributed by atoms with van der Waals surface area (Å²) in [5.41, 5.74) is 1.21. The minimum Gasteiger partial charge on any atom is -0.321 e. The summed E-state index contributed by atoms with van der Waals surface area (Å²) in [5, 5.41) is 8.01. The van der Waals surface area contributed by atoms with Gasteiger partial charge in [-0.15, -0.1) is 0 Å². The van der Waals surface area contributed by atoms with Crippen LogP contribution in [0.4, 0.5) is 10.1 Å². The van der Waals surface area contributed by atoms with Crippen LogP contribution in [0.1, 0.15) is 42.6 Å². The maximum absolute atomic E-state index is 14.0. The number of amides is 1. The molecular weight excluding hydrogens is 405 g/mol. The summed E-state index contributed by atoms with van der Waals surface area (Å²) in [6.07, 6.45) is 6.83. The van der Waals surface area contributed by atoms with E-state index in [2.05, 4.69) is 10.4 Å². The number of carbonyl (C=O) groups excluding carboxylic acids is 1. The number of sulfone groups is 1. The molecule has 0 atom stereocenters. The first-order valence-corrected chi connectivity index (χ1v) is 12.0. The van der Waals surface area contributed by atoms with Gasteiger partial charge in [-0.25, -0.2) is 12.8 Å². The lowest BCUT2D eigenvalue weighted by atomic mass is 9.89. The number of rotatable bonds is 5. The number of halogens is 1. The molecule has 1 aromatic heterocycles. The van der Waals surface area contributed by atoms with E-state index in [1.807, 2.05) is 24.3 Å². The number of anilines is 1. The molecule has 0 radical (unpaired) electrons. The van der Waals surface area contributed by atoms with Gasteiger partial charge in [0.1, 0.15) is 11.5 Å². The second-order valence-electron chi connectivity index (χ2n) is 7.95. The Balaban J connectivity index is 1.69. The number of aromatic nitrogens is 2. The lowest BCUT2D eigenvalue weighted by molar-refractivity contribution is 0.101. The molecule has 2 aromatic carbocycles. The van der Waals surface area contributed by atoms with Crippen LogP contribution in [0.25, 0.3) is 10.9 Å². The minimum absolute atomic E-state index is 0.0925. The molecule has 8 heteroatoms. The first-order chi connectivity index (χ1) is 14.3. The molecular formula is C22H24FN3O3S. The Hall–Kier alpha value is -2.74. The SMILES string of the molecule is CS(=O)(=O)c1cc(F)cc(NC(=O)c2c3ccccc3nn2CC2CCCCC2)c1. The van der Waals surface area contributed by atoms with Crippen molar-refractivity contribution in [3.05, 3.63) is 54.0 Å². The maximum Gasteiger partial charge on any atom is 0.274 e. The number of hydrogen-bond donors (Lipinski definition) is 1. The van der Waals surface area contributed by atoms with Gasteiger partial charge >= 0.3 is 0 Å². The standard InChI is InChI=1S/C22H24FN3O3S/c1-30(28,29)18-12-16(23)11-17(13-18)24-22(27)21-19-9-5-6-10-20(19)25-26(21)14-15-7-3-2-4-8-15/h5-6,9-13,15H,2-4,7-8,14H2,1H3,(H,24,27). The van der Waals surface area contributed by atoms with E-state index in [9.17, 15) is 17.6 Å². The van der Waals surface area contributed by atoms with Crippen molar-refractivity contribution in [3.63, 3.8) is 0 Å². The van der Waals surface area contributed by atoms with Crippen LogP contribution in [0.2, 0.25) is 0 Å². The van der Waals surface area contributed by atoms with Crippen LogP contribution in [0.5, 0.6) is 0 Å². The van der Waals surface area contributed by atoms with Crippen LogP contribution in [-0.2, 0) is 16.4 Å². The molecule has 3 aromatic rings. The van der Waals surface area contributed by atoms with Crippen LogP contribution in [0.15, 0.2) is 47.4 Å². The van der Waals surface area contributed by atoms with Gasteiger partial charge in [0.05, 0.1) is 10.4 Å². The lowest BCUT2D eigenvalue weighted by Gasteiger charge is -2.22. The Kier molecular flexibility index (Phi) is 5.60. The highest BCUT2D eigenvalue weighted by molar-refractivity contribution is 7.90. The molecule has 6 nitrogen and oxygen atoms in total. The van der Waals surface area contributed by atoms with Gasteiger partial charge in [0, 0.05) is 23.9 Å². The molecule has 30 heavy (non-hydrogen) atoms. The van der Waals surface area contributed by atoms with E-state index in [0.717, 1.165) is 36.7 Å². The summed E-state index contributed by atoms with van der Waals surface area (Å²) in [5.74, 6) is -0.705. The molecule has 0 aliphatic heterocycles. The summed E-state index contributed by atoms with van der Waals surface area (Å²) < 4.78 is 39.3. The Morgan fingerprint density at radius 1 is 1.17 bits per heavy atom. The average molecular weight is 430 g/mol. The predicted molar refractivity (Wildman–Crippen MR) is 114 cm³/mol. The summed E-state index contributed by atoms with van der Waals surface area (Å²) in [6.45, 7) is 0.648. The van der Waals surface area contributed by atoms with Crippen LogP contribution < -0.4 is 5.32 Å². The smallest absolute Gasteiger partial charge is 0.274 e. The molecule has 1 aliphatic rings. The van der Waals surface area contributed by atoms with Gasteiger partial charge in [-0.1, -0.05) is 37.5 Å². The molecule has 1 saturated carbocycles. The van der Waals surface area contributed by atoms with Crippen LogP contribution in [0, 0.1) is 11.7 Å². The zero-order valence-corrected chi connectivity index (χ0v) is 17.6. The topological polar surface area (TPSA) is 81.1 Å². The third kappa shape index (κ3) is 4.38. The van der Waals surface area contributed by atoms with E-state index in [0.29, 0.717) is 23.5 Å². The fourth-order valence-electron chi connectivity index (χ4n) is 4.11. The van der Waals surface area contributed by atoms with E-state index in [-0.39, 0.29) is 10.6 Å². The summed E-state index contributed by atoms with van der Waals surface area (Å²) in [7, 11) is -3.61. The van der Waals surface area contributed by atoms with Crippen molar-refractivity contribution in [3.8, 4) is 0 Å². The van der Waals surface area contributed by atoms with Gasteiger partial charge in [0.25, 0.3) is 5.91 Å². The maximum atomic E-state index is 14.0. The van der Waals surface area contributed by atoms with E-state index < -0.39 is 21.6 Å². The fraction of sp³-hybridized carbons (Fsp3) is 0.364. The summed E-state index contributed by atoms with van der Waals surface area (Å²) >= 11 is 0. The number of carbonyl (C=O) groups is 1. The van der Waals surface area contributed by atoms with Crippen molar-refractivity contribution < 1.29 is 17.6 Å². The molecule has 0 unspecified atom stereocenters. The average Bonchev–Trinajstić information content (AvgIpc) is 3.05. The van der Waals surface area contributed by atoms with E-state index >= 15 is 0 Å². The number of benzene rings is 2. The predicted octanol–water partition coefficient (Wildman–Crippen LogP) is 4.41. The highest BCUT2D eigenvalue weighted by Gasteiger charge is 2.22.